The smallest absolute Gasteiger partial charge is 0.229 e. The van der Waals surface area contributed by atoms with Crippen molar-refractivity contribution in [2.75, 3.05) is 27.7 Å². The van der Waals surface area contributed by atoms with Crippen LogP contribution in [0.2, 0.25) is 0 Å². The molecule has 4 N–H and O–H groups in total. The van der Waals surface area contributed by atoms with Crippen LogP contribution in [-0.2, 0) is 10.9 Å². The molecule has 0 aliphatic rings. The first-order valence-corrected chi connectivity index (χ1v) is 8.89. The zero-order valence-corrected chi connectivity index (χ0v) is 14.9. The summed E-state index contributed by atoms with van der Waals surface area (Å²) in [5.74, 6) is 1.10. The highest BCUT2D eigenvalue weighted by molar-refractivity contribution is 7.73. The number of nitrogens with two attached hydrogens (primary N) is 1. The third-order valence-corrected chi connectivity index (χ3v) is 4.04. The van der Waals surface area contributed by atoms with Gasteiger partial charge < -0.3 is 16.0 Å². The first-order valence-electron chi connectivity index (χ1n) is 7.72. The highest BCUT2D eigenvalue weighted by Gasteiger charge is 2.07. The maximum atomic E-state index is 10.8. The molecule has 0 spiro atoms. The lowest BCUT2D eigenvalue weighted by Crippen LogP contribution is -2.12. The van der Waals surface area contributed by atoms with Gasteiger partial charge >= 0.3 is 0 Å². The lowest BCUT2D eigenvalue weighted by Gasteiger charge is -2.19. The summed E-state index contributed by atoms with van der Waals surface area (Å²) in [5, 5.41) is 3.07. The molecule has 0 unspecified atom stereocenters. The van der Waals surface area contributed by atoms with Crippen LogP contribution in [0.1, 0.15) is 0 Å². The second-order valence-corrected chi connectivity index (χ2v) is 6.20. The molecule has 2 aromatic carbocycles. The van der Waals surface area contributed by atoms with E-state index in [4.69, 9.17) is 5.73 Å². The highest BCUT2D eigenvalue weighted by Crippen LogP contribution is 2.24. The second-order valence-electron chi connectivity index (χ2n) is 5.46. The van der Waals surface area contributed by atoms with E-state index in [1.807, 2.05) is 36.2 Å². The fourth-order valence-electron chi connectivity index (χ4n) is 2.33. The van der Waals surface area contributed by atoms with E-state index in [2.05, 4.69) is 20.0 Å². The van der Waals surface area contributed by atoms with E-state index in [1.165, 1.54) is 0 Å². The molecule has 0 saturated carbocycles. The Morgan fingerprint density at radius 3 is 2.50 bits per heavy atom. The molecular formula is C17H18N6O2S. The van der Waals surface area contributed by atoms with Crippen LogP contribution in [0.15, 0.2) is 60.8 Å². The Morgan fingerprint density at radius 1 is 1.04 bits per heavy atom. The van der Waals surface area contributed by atoms with Crippen LogP contribution in [0.4, 0.5) is 34.5 Å². The molecule has 0 bridgehead atoms. The van der Waals surface area contributed by atoms with Crippen LogP contribution in [0.25, 0.3) is 0 Å². The quantitative estimate of drug-likeness (QED) is 0.389. The molecule has 0 saturated heterocycles. The minimum absolute atomic E-state index is 0.397. The molecule has 3 aromatic rings. The van der Waals surface area contributed by atoms with E-state index in [0.717, 1.165) is 5.69 Å². The molecular weight excluding hydrogens is 352 g/mol. The molecule has 1 heterocycles. The van der Waals surface area contributed by atoms with Gasteiger partial charge in [0.15, 0.2) is 0 Å². The molecule has 0 radical (unpaired) electrons. The lowest BCUT2D eigenvalue weighted by molar-refractivity contribution is 0.619. The van der Waals surface area contributed by atoms with Crippen LogP contribution < -0.4 is 20.7 Å². The largest absolute Gasteiger partial charge is 0.399 e. The number of anilines is 6. The standard InChI is InChI=1S/C17H18N6O2S/c1-23(15-7-5-12(18)6-8-15)16-9-10-19-17(21-16)20-13-3-2-4-14(11-13)22-26(24)25/h2-11,26H,18H2,1H3,(H,19,20,21)(H,22,24,25). The number of nitrogens with one attached hydrogen (secondary N) is 2. The Morgan fingerprint density at radius 2 is 1.77 bits per heavy atom. The third kappa shape index (κ3) is 4.39. The minimum Gasteiger partial charge on any atom is -0.399 e. The molecule has 3 rings (SSSR count). The van der Waals surface area contributed by atoms with Crippen molar-refractivity contribution in [1.29, 1.82) is 0 Å². The number of nitrogens with zero attached hydrogens (tertiary/aromatic N) is 3. The Balaban J connectivity index is 1.80. The van der Waals surface area contributed by atoms with E-state index in [0.29, 0.717) is 28.8 Å². The highest BCUT2D eigenvalue weighted by atomic mass is 32.2. The summed E-state index contributed by atoms with van der Waals surface area (Å²) < 4.78 is 23.9. The van der Waals surface area contributed by atoms with Crippen LogP contribution >= 0.6 is 0 Å². The molecule has 0 atom stereocenters. The number of benzene rings is 2. The SMILES string of the molecule is CN(c1ccc(N)cc1)c1ccnc(Nc2cccc(N[SH](=O)=O)c2)n1. The normalized spacial score (nSPS) is 10.5. The summed E-state index contributed by atoms with van der Waals surface area (Å²) >= 11 is 0. The first kappa shape index (κ1) is 17.5. The summed E-state index contributed by atoms with van der Waals surface area (Å²) in [6, 6.07) is 16.1. The predicted molar refractivity (Wildman–Crippen MR) is 105 cm³/mol. The van der Waals surface area contributed by atoms with Gasteiger partial charge in [0, 0.05) is 30.3 Å². The summed E-state index contributed by atoms with van der Waals surface area (Å²) in [5.41, 5.74) is 8.48. The number of aromatic nitrogens is 2. The van der Waals surface area contributed by atoms with Crippen molar-refractivity contribution in [2.45, 2.75) is 0 Å². The van der Waals surface area contributed by atoms with Crippen molar-refractivity contribution < 1.29 is 8.42 Å². The number of hydrogen-bond donors (Lipinski definition) is 4. The lowest BCUT2D eigenvalue weighted by atomic mass is 10.2. The van der Waals surface area contributed by atoms with Gasteiger partial charge in [-0.15, -0.1) is 0 Å². The van der Waals surface area contributed by atoms with Gasteiger partial charge in [-0.1, -0.05) is 6.07 Å². The predicted octanol–water partition coefficient (Wildman–Crippen LogP) is 2.51. The number of hydrogen-bond acceptors (Lipinski definition) is 7. The van der Waals surface area contributed by atoms with Crippen LogP contribution in [0, 0.1) is 0 Å². The number of thiol groups is 1. The maximum Gasteiger partial charge on any atom is 0.229 e. The first-order chi connectivity index (χ1) is 12.5. The van der Waals surface area contributed by atoms with Crippen molar-refractivity contribution in [3.63, 3.8) is 0 Å². The Labute approximate surface area is 152 Å². The van der Waals surface area contributed by atoms with Gasteiger partial charge in [-0.2, -0.15) is 4.98 Å². The summed E-state index contributed by atoms with van der Waals surface area (Å²) in [4.78, 5) is 10.6. The van der Waals surface area contributed by atoms with E-state index >= 15 is 0 Å². The van der Waals surface area contributed by atoms with Gasteiger partial charge in [0.05, 0.1) is 5.69 Å². The van der Waals surface area contributed by atoms with E-state index in [-0.39, 0.29) is 0 Å². The maximum absolute atomic E-state index is 10.8. The molecule has 0 fully saturated rings. The zero-order valence-electron chi connectivity index (χ0n) is 14.0. The average molecular weight is 370 g/mol. The topological polar surface area (TPSA) is 113 Å². The van der Waals surface area contributed by atoms with Gasteiger partial charge in [0.1, 0.15) is 5.82 Å². The van der Waals surface area contributed by atoms with Crippen LogP contribution in [0.3, 0.4) is 0 Å². The fourth-order valence-corrected chi connectivity index (χ4v) is 2.68. The van der Waals surface area contributed by atoms with Crippen molar-refractivity contribution in [3.05, 3.63) is 60.8 Å². The summed E-state index contributed by atoms with van der Waals surface area (Å²) in [6.07, 6.45) is 1.65. The Bertz CT molecular complexity index is 967. The molecule has 0 aliphatic carbocycles. The molecule has 26 heavy (non-hydrogen) atoms. The Kier molecular flexibility index (Phi) is 5.18. The van der Waals surface area contributed by atoms with Crippen molar-refractivity contribution in [1.82, 2.24) is 9.97 Å². The summed E-state index contributed by atoms with van der Waals surface area (Å²) in [6.45, 7) is 0. The van der Waals surface area contributed by atoms with Crippen LogP contribution in [-0.4, -0.2) is 25.4 Å². The van der Waals surface area contributed by atoms with Crippen LogP contribution in [0.5, 0.6) is 0 Å². The van der Waals surface area contributed by atoms with Gasteiger partial charge in [-0.25, -0.2) is 13.4 Å². The fraction of sp³-hybridized carbons (Fsp3) is 0.0588. The van der Waals surface area contributed by atoms with Gasteiger partial charge in [0.2, 0.25) is 16.8 Å². The molecule has 0 amide bonds. The van der Waals surface area contributed by atoms with Crippen molar-refractivity contribution in [2.24, 2.45) is 0 Å². The van der Waals surface area contributed by atoms with Gasteiger partial charge in [0.25, 0.3) is 0 Å². The summed E-state index contributed by atoms with van der Waals surface area (Å²) in [7, 11) is -0.819. The molecule has 9 heteroatoms. The monoisotopic (exact) mass is 370 g/mol. The van der Waals surface area contributed by atoms with Gasteiger partial charge in [-0.3, -0.25) is 4.72 Å². The number of nitrogen functional groups attached to an aromatic ring is 1. The van der Waals surface area contributed by atoms with Crippen molar-refractivity contribution >= 4 is 45.4 Å². The third-order valence-electron chi connectivity index (χ3n) is 3.60. The van der Waals surface area contributed by atoms with E-state index < -0.39 is 10.9 Å². The van der Waals surface area contributed by atoms with Gasteiger partial charge in [-0.05, 0) is 48.5 Å². The minimum atomic E-state index is -2.71. The second kappa shape index (κ2) is 7.70. The zero-order chi connectivity index (χ0) is 18.5. The molecule has 134 valence electrons. The number of rotatable bonds is 6. The Hall–Kier alpha value is -3.33. The molecule has 1 aromatic heterocycles. The molecule has 0 aliphatic heterocycles. The molecule has 8 nitrogen and oxygen atoms in total. The average Bonchev–Trinajstić information content (AvgIpc) is 2.62. The van der Waals surface area contributed by atoms with E-state index in [9.17, 15) is 8.42 Å². The van der Waals surface area contributed by atoms with E-state index in [1.54, 1.807) is 36.5 Å². The van der Waals surface area contributed by atoms with Crippen molar-refractivity contribution in [3.8, 4) is 0 Å².